The summed E-state index contributed by atoms with van der Waals surface area (Å²) in [4.78, 5) is 22.9. The molecule has 0 aliphatic carbocycles. The van der Waals surface area contributed by atoms with E-state index < -0.39 is 11.8 Å². The molecule has 0 saturated heterocycles. The Morgan fingerprint density at radius 2 is 1.90 bits per heavy atom. The third kappa shape index (κ3) is 4.25. The lowest BCUT2D eigenvalue weighted by Crippen LogP contribution is -2.19. The first-order valence-corrected chi connectivity index (χ1v) is 6.14. The molecular weight excluding hydrogens is 256 g/mol. The van der Waals surface area contributed by atoms with Crippen molar-refractivity contribution in [2.24, 2.45) is 0 Å². The summed E-state index contributed by atoms with van der Waals surface area (Å²) in [6, 6.07) is 7.43. The van der Waals surface area contributed by atoms with Crippen LogP contribution in [0.25, 0.3) is 0 Å². The smallest absolute Gasteiger partial charge is 0.380 e. The lowest BCUT2D eigenvalue weighted by molar-refractivity contribution is -0.151. The number of nitrogens with zero attached hydrogens (tertiary/aromatic N) is 1. The van der Waals surface area contributed by atoms with E-state index in [0.29, 0.717) is 0 Å². The number of ketones is 1. The third-order valence-electron chi connectivity index (χ3n) is 2.43. The van der Waals surface area contributed by atoms with Crippen LogP contribution in [0.15, 0.2) is 30.0 Å². The molecule has 0 aliphatic rings. The SMILES string of the molecule is CCOC(=O)C(=O)/C(C#N)=C/Nc1cc(C)cc(C)c1. The van der Waals surface area contributed by atoms with Crippen molar-refractivity contribution in [2.75, 3.05) is 11.9 Å². The van der Waals surface area contributed by atoms with Crippen LogP contribution in [-0.2, 0) is 14.3 Å². The molecule has 0 atom stereocenters. The van der Waals surface area contributed by atoms with Crippen LogP contribution in [0.3, 0.4) is 0 Å². The number of benzene rings is 1. The minimum absolute atomic E-state index is 0.0911. The number of hydrogen-bond donors (Lipinski definition) is 1. The van der Waals surface area contributed by atoms with Crippen LogP contribution >= 0.6 is 0 Å². The van der Waals surface area contributed by atoms with Gasteiger partial charge < -0.3 is 10.1 Å². The number of ether oxygens (including phenoxy) is 1. The Hall–Kier alpha value is -2.61. The number of nitrogens with one attached hydrogen (secondary N) is 1. The molecule has 1 aromatic rings. The number of nitriles is 1. The molecular formula is C15H16N2O3. The summed E-state index contributed by atoms with van der Waals surface area (Å²) in [7, 11) is 0. The Kier molecular flexibility index (Phi) is 5.48. The fourth-order valence-electron chi connectivity index (χ4n) is 1.67. The lowest BCUT2D eigenvalue weighted by Gasteiger charge is -2.05. The second-order valence-corrected chi connectivity index (χ2v) is 4.24. The predicted molar refractivity (Wildman–Crippen MR) is 74.9 cm³/mol. The van der Waals surface area contributed by atoms with Crippen LogP contribution in [-0.4, -0.2) is 18.4 Å². The first-order chi connectivity index (χ1) is 9.47. The minimum Gasteiger partial charge on any atom is -0.460 e. The fraction of sp³-hybridized carbons (Fsp3) is 0.267. The summed E-state index contributed by atoms with van der Waals surface area (Å²) >= 11 is 0. The molecule has 0 amide bonds. The summed E-state index contributed by atoms with van der Waals surface area (Å²) in [5.41, 5.74) is 2.56. The van der Waals surface area contributed by atoms with Crippen LogP contribution in [0.1, 0.15) is 18.1 Å². The summed E-state index contributed by atoms with van der Waals surface area (Å²) in [5.74, 6) is -1.98. The first kappa shape index (κ1) is 15.4. The molecule has 5 heteroatoms. The van der Waals surface area contributed by atoms with Crippen molar-refractivity contribution in [3.05, 3.63) is 41.1 Å². The zero-order valence-electron chi connectivity index (χ0n) is 11.7. The van der Waals surface area contributed by atoms with Gasteiger partial charge in [0.15, 0.2) is 0 Å². The number of carbonyl (C=O) groups excluding carboxylic acids is 2. The number of Topliss-reactive ketones (excluding diaryl/α,β-unsaturated/α-hetero) is 1. The van der Waals surface area contributed by atoms with Crippen molar-refractivity contribution in [2.45, 2.75) is 20.8 Å². The zero-order valence-corrected chi connectivity index (χ0v) is 11.7. The topological polar surface area (TPSA) is 79.2 Å². The Morgan fingerprint density at radius 1 is 1.30 bits per heavy atom. The molecule has 1 rings (SSSR count). The van der Waals surface area contributed by atoms with Crippen molar-refractivity contribution < 1.29 is 14.3 Å². The highest BCUT2D eigenvalue weighted by Crippen LogP contribution is 2.14. The van der Waals surface area contributed by atoms with Gasteiger partial charge in [0.05, 0.1) is 6.61 Å². The van der Waals surface area contributed by atoms with Gasteiger partial charge >= 0.3 is 5.97 Å². The van der Waals surface area contributed by atoms with Gasteiger partial charge in [0.25, 0.3) is 5.78 Å². The standard InChI is InChI=1S/C15H16N2O3/c1-4-20-15(19)14(18)12(8-16)9-17-13-6-10(2)5-11(3)7-13/h5-7,9,17H,4H2,1-3H3/b12-9+. The Balaban J connectivity index is 2.88. The van der Waals surface area contributed by atoms with Crippen molar-refractivity contribution in [3.8, 4) is 6.07 Å². The molecule has 5 nitrogen and oxygen atoms in total. The summed E-state index contributed by atoms with van der Waals surface area (Å²) in [6.07, 6.45) is 1.22. The predicted octanol–water partition coefficient (Wildman–Crippen LogP) is 2.26. The molecule has 0 spiro atoms. The van der Waals surface area contributed by atoms with Crippen LogP contribution < -0.4 is 5.32 Å². The lowest BCUT2D eigenvalue weighted by atomic mass is 10.1. The van der Waals surface area contributed by atoms with Gasteiger partial charge in [0.1, 0.15) is 11.6 Å². The van der Waals surface area contributed by atoms with E-state index in [2.05, 4.69) is 10.1 Å². The second kappa shape index (κ2) is 7.10. The van der Waals surface area contributed by atoms with Crippen molar-refractivity contribution >= 4 is 17.4 Å². The van der Waals surface area contributed by atoms with E-state index in [0.717, 1.165) is 16.8 Å². The number of carbonyl (C=O) groups is 2. The highest BCUT2D eigenvalue weighted by atomic mass is 16.5. The molecule has 0 heterocycles. The van der Waals surface area contributed by atoms with Gasteiger partial charge in [0, 0.05) is 11.9 Å². The minimum atomic E-state index is -1.03. The maximum Gasteiger partial charge on any atom is 0.380 e. The average molecular weight is 272 g/mol. The van der Waals surface area contributed by atoms with Crippen LogP contribution in [0.5, 0.6) is 0 Å². The van der Waals surface area contributed by atoms with E-state index in [4.69, 9.17) is 5.26 Å². The molecule has 1 N–H and O–H groups in total. The van der Waals surface area contributed by atoms with Crippen molar-refractivity contribution in [1.29, 1.82) is 5.26 Å². The van der Waals surface area contributed by atoms with Crippen molar-refractivity contribution in [3.63, 3.8) is 0 Å². The number of anilines is 1. The van der Waals surface area contributed by atoms with E-state index in [1.165, 1.54) is 6.20 Å². The summed E-state index contributed by atoms with van der Waals surface area (Å²) < 4.78 is 4.57. The second-order valence-electron chi connectivity index (χ2n) is 4.24. The van der Waals surface area contributed by atoms with Gasteiger partial charge in [-0.2, -0.15) is 5.26 Å². The number of esters is 1. The number of rotatable bonds is 5. The molecule has 0 aromatic heterocycles. The van der Waals surface area contributed by atoms with E-state index in [1.807, 2.05) is 32.0 Å². The molecule has 20 heavy (non-hydrogen) atoms. The molecule has 0 radical (unpaired) electrons. The zero-order chi connectivity index (χ0) is 15.1. The van der Waals surface area contributed by atoms with Crippen LogP contribution in [0.4, 0.5) is 5.69 Å². The van der Waals surface area contributed by atoms with E-state index in [-0.39, 0.29) is 12.2 Å². The van der Waals surface area contributed by atoms with Gasteiger partial charge in [-0.1, -0.05) is 6.07 Å². The Bertz CT molecular complexity index is 577. The fourth-order valence-corrected chi connectivity index (χ4v) is 1.67. The number of aryl methyl sites for hydroxylation is 2. The maximum absolute atomic E-state index is 11.6. The van der Waals surface area contributed by atoms with Crippen LogP contribution in [0, 0.1) is 25.2 Å². The van der Waals surface area contributed by atoms with Gasteiger partial charge in [-0.25, -0.2) is 4.79 Å². The normalized spacial score (nSPS) is 10.6. The van der Waals surface area contributed by atoms with E-state index in [9.17, 15) is 9.59 Å². The first-order valence-electron chi connectivity index (χ1n) is 6.14. The maximum atomic E-state index is 11.6. The molecule has 1 aromatic carbocycles. The molecule has 0 bridgehead atoms. The highest BCUT2D eigenvalue weighted by Gasteiger charge is 2.20. The highest BCUT2D eigenvalue weighted by molar-refractivity contribution is 6.41. The van der Waals surface area contributed by atoms with Crippen molar-refractivity contribution in [1.82, 2.24) is 0 Å². The third-order valence-corrected chi connectivity index (χ3v) is 2.43. The van der Waals surface area contributed by atoms with E-state index >= 15 is 0 Å². The Labute approximate surface area is 117 Å². The van der Waals surface area contributed by atoms with Crippen LogP contribution in [0.2, 0.25) is 0 Å². The molecule has 104 valence electrons. The average Bonchev–Trinajstić information content (AvgIpc) is 2.38. The largest absolute Gasteiger partial charge is 0.460 e. The van der Waals surface area contributed by atoms with E-state index in [1.54, 1.807) is 13.0 Å². The monoisotopic (exact) mass is 272 g/mol. The molecule has 0 aliphatic heterocycles. The summed E-state index contributed by atoms with van der Waals surface area (Å²) in [5, 5.41) is 11.8. The van der Waals surface area contributed by atoms with Gasteiger partial charge in [-0.15, -0.1) is 0 Å². The molecule has 0 unspecified atom stereocenters. The summed E-state index contributed by atoms with van der Waals surface area (Å²) in [6.45, 7) is 5.57. The quantitative estimate of drug-likeness (QED) is 0.385. The Morgan fingerprint density at radius 3 is 2.40 bits per heavy atom. The van der Waals surface area contributed by atoms with Gasteiger partial charge in [-0.05, 0) is 44.0 Å². The van der Waals surface area contributed by atoms with Gasteiger partial charge in [-0.3, -0.25) is 4.79 Å². The molecule has 0 saturated carbocycles. The number of hydrogen-bond acceptors (Lipinski definition) is 5. The molecule has 0 fully saturated rings. The van der Waals surface area contributed by atoms with Gasteiger partial charge in [0.2, 0.25) is 0 Å².